The number of thiazole rings is 1. The first-order chi connectivity index (χ1) is 10.3. The summed E-state index contributed by atoms with van der Waals surface area (Å²) in [6.07, 6.45) is 0. The number of benzene rings is 1. The van der Waals surface area contributed by atoms with E-state index in [0.717, 1.165) is 17.0 Å². The lowest BCUT2D eigenvalue weighted by atomic mass is 9.84. The molecule has 0 saturated heterocycles. The van der Waals surface area contributed by atoms with Crippen molar-refractivity contribution in [1.82, 2.24) is 9.88 Å². The summed E-state index contributed by atoms with van der Waals surface area (Å²) >= 11 is 1.12. The van der Waals surface area contributed by atoms with Crippen molar-refractivity contribution < 1.29 is 4.79 Å². The molecule has 0 aliphatic rings. The van der Waals surface area contributed by atoms with Crippen LogP contribution < -0.4 is 10.2 Å². The van der Waals surface area contributed by atoms with Gasteiger partial charge in [-0.25, -0.2) is 0 Å². The lowest BCUT2D eigenvalue weighted by Crippen LogP contribution is -2.39. The van der Waals surface area contributed by atoms with Gasteiger partial charge in [0.05, 0.1) is 0 Å². The Hall–Kier alpha value is -1.88. The van der Waals surface area contributed by atoms with Crippen LogP contribution in [0.5, 0.6) is 0 Å². The smallest absolute Gasteiger partial charge is 0.307 e. The molecule has 1 aromatic heterocycles. The molecule has 22 heavy (non-hydrogen) atoms. The molecule has 1 heterocycles. The van der Waals surface area contributed by atoms with E-state index < -0.39 is 0 Å². The first kappa shape index (κ1) is 16.5. The van der Waals surface area contributed by atoms with Crippen LogP contribution in [0.4, 0.5) is 0 Å². The Morgan fingerprint density at radius 3 is 2.64 bits per heavy atom. The number of aromatic nitrogens is 1. The number of carbonyl (C=O) groups is 1. The summed E-state index contributed by atoms with van der Waals surface area (Å²) < 4.78 is 1.50. The molecular formula is C17H22N2O2S. The van der Waals surface area contributed by atoms with Crippen LogP contribution in [-0.2, 0) is 16.8 Å². The van der Waals surface area contributed by atoms with Gasteiger partial charge in [-0.05, 0) is 19.4 Å². The maximum atomic E-state index is 12.1. The van der Waals surface area contributed by atoms with Gasteiger partial charge >= 0.3 is 4.87 Å². The SMILES string of the molecule is Cc1cccc(C(C)(C)CNC(=O)Cn2c(C)csc2=O)c1. The third-order valence-electron chi connectivity index (χ3n) is 3.81. The van der Waals surface area contributed by atoms with Crippen molar-refractivity contribution in [3.05, 3.63) is 56.1 Å². The van der Waals surface area contributed by atoms with Crippen LogP contribution in [0.3, 0.4) is 0 Å². The number of aryl methyl sites for hydroxylation is 2. The van der Waals surface area contributed by atoms with Crippen LogP contribution in [-0.4, -0.2) is 17.0 Å². The van der Waals surface area contributed by atoms with Crippen LogP contribution in [0.25, 0.3) is 0 Å². The number of amides is 1. The predicted octanol–water partition coefficient (Wildman–Crippen LogP) is 2.62. The van der Waals surface area contributed by atoms with Gasteiger partial charge in [0, 0.05) is 23.0 Å². The van der Waals surface area contributed by atoms with E-state index in [4.69, 9.17) is 0 Å². The first-order valence-electron chi connectivity index (χ1n) is 7.28. The Kier molecular flexibility index (Phi) is 4.86. The van der Waals surface area contributed by atoms with Gasteiger partial charge in [0.15, 0.2) is 0 Å². The fourth-order valence-electron chi connectivity index (χ4n) is 2.28. The highest BCUT2D eigenvalue weighted by molar-refractivity contribution is 7.07. The fourth-order valence-corrected chi connectivity index (χ4v) is 3.02. The van der Waals surface area contributed by atoms with Crippen LogP contribution in [0.1, 0.15) is 30.7 Å². The number of carbonyl (C=O) groups excluding carboxylic acids is 1. The Bertz CT molecular complexity index is 728. The molecule has 1 aromatic carbocycles. The Balaban J connectivity index is 2.00. The van der Waals surface area contributed by atoms with Gasteiger partial charge in [0.1, 0.15) is 6.54 Å². The molecule has 4 nitrogen and oxygen atoms in total. The zero-order chi connectivity index (χ0) is 16.3. The summed E-state index contributed by atoms with van der Waals surface area (Å²) in [6, 6.07) is 8.30. The molecule has 0 saturated carbocycles. The van der Waals surface area contributed by atoms with Crippen molar-refractivity contribution in [3.8, 4) is 0 Å². The highest BCUT2D eigenvalue weighted by atomic mass is 32.1. The third kappa shape index (κ3) is 3.85. The molecule has 5 heteroatoms. The molecular weight excluding hydrogens is 296 g/mol. The van der Waals surface area contributed by atoms with E-state index >= 15 is 0 Å². The standard InChI is InChI=1S/C17H22N2O2S/c1-12-6-5-7-14(8-12)17(3,4)11-18-15(20)9-19-13(2)10-22-16(19)21/h5-8,10H,9,11H2,1-4H3,(H,18,20). The van der Waals surface area contributed by atoms with E-state index in [2.05, 4.69) is 44.3 Å². The summed E-state index contributed by atoms with van der Waals surface area (Å²) in [5.41, 5.74) is 3.06. The number of rotatable bonds is 5. The maximum absolute atomic E-state index is 12.1. The molecule has 0 radical (unpaired) electrons. The minimum absolute atomic E-state index is 0.0814. The highest BCUT2D eigenvalue weighted by Gasteiger charge is 2.21. The van der Waals surface area contributed by atoms with Crippen LogP contribution >= 0.6 is 11.3 Å². The molecule has 1 amide bonds. The average molecular weight is 318 g/mol. The van der Waals surface area contributed by atoms with Gasteiger partial charge in [0.25, 0.3) is 0 Å². The van der Waals surface area contributed by atoms with Crippen molar-refractivity contribution in [2.75, 3.05) is 6.54 Å². The zero-order valence-electron chi connectivity index (χ0n) is 13.5. The number of nitrogens with one attached hydrogen (secondary N) is 1. The van der Waals surface area contributed by atoms with Crippen LogP contribution in [0, 0.1) is 13.8 Å². The quantitative estimate of drug-likeness (QED) is 0.921. The number of hydrogen-bond donors (Lipinski definition) is 1. The fraction of sp³-hybridized carbons (Fsp3) is 0.412. The predicted molar refractivity (Wildman–Crippen MR) is 90.5 cm³/mol. The van der Waals surface area contributed by atoms with E-state index in [1.165, 1.54) is 15.7 Å². The van der Waals surface area contributed by atoms with Crippen molar-refractivity contribution in [2.45, 2.75) is 39.7 Å². The van der Waals surface area contributed by atoms with E-state index in [1.807, 2.05) is 13.0 Å². The highest BCUT2D eigenvalue weighted by Crippen LogP contribution is 2.23. The van der Waals surface area contributed by atoms with Gasteiger partial charge in [-0.3, -0.25) is 14.2 Å². The van der Waals surface area contributed by atoms with Crippen molar-refractivity contribution in [2.24, 2.45) is 0 Å². The summed E-state index contributed by atoms with van der Waals surface area (Å²) in [5.74, 6) is -0.135. The molecule has 118 valence electrons. The normalized spacial score (nSPS) is 11.5. The molecule has 0 spiro atoms. The molecule has 0 aliphatic carbocycles. The van der Waals surface area contributed by atoms with Crippen LogP contribution in [0.15, 0.2) is 34.4 Å². The van der Waals surface area contributed by atoms with E-state index in [1.54, 1.807) is 5.38 Å². The second kappa shape index (κ2) is 6.48. The Labute approximate surface area is 134 Å². The first-order valence-corrected chi connectivity index (χ1v) is 8.16. The summed E-state index contributed by atoms with van der Waals surface area (Å²) in [6.45, 7) is 8.71. The molecule has 0 fully saturated rings. The van der Waals surface area contributed by atoms with Crippen molar-refractivity contribution in [1.29, 1.82) is 0 Å². The summed E-state index contributed by atoms with van der Waals surface area (Å²) in [4.78, 5) is 23.6. The van der Waals surface area contributed by atoms with Crippen molar-refractivity contribution in [3.63, 3.8) is 0 Å². The van der Waals surface area contributed by atoms with Gasteiger partial charge in [-0.1, -0.05) is 55.0 Å². The van der Waals surface area contributed by atoms with Crippen molar-refractivity contribution >= 4 is 17.2 Å². The topological polar surface area (TPSA) is 51.1 Å². The molecule has 0 aliphatic heterocycles. The zero-order valence-corrected chi connectivity index (χ0v) is 14.3. The largest absolute Gasteiger partial charge is 0.354 e. The number of nitrogens with zero attached hydrogens (tertiary/aromatic N) is 1. The lowest BCUT2D eigenvalue weighted by Gasteiger charge is -2.26. The van der Waals surface area contributed by atoms with E-state index in [9.17, 15) is 9.59 Å². The summed E-state index contributed by atoms with van der Waals surface area (Å²) in [7, 11) is 0. The van der Waals surface area contributed by atoms with Crippen LogP contribution in [0.2, 0.25) is 0 Å². The van der Waals surface area contributed by atoms with E-state index in [0.29, 0.717) is 6.54 Å². The monoisotopic (exact) mass is 318 g/mol. The second-order valence-corrected chi connectivity index (χ2v) is 7.08. The molecule has 0 atom stereocenters. The minimum atomic E-state index is -0.156. The lowest BCUT2D eigenvalue weighted by molar-refractivity contribution is -0.121. The summed E-state index contributed by atoms with van der Waals surface area (Å²) in [5, 5.41) is 4.71. The molecule has 2 aromatic rings. The van der Waals surface area contributed by atoms with Gasteiger partial charge in [-0.15, -0.1) is 0 Å². The Morgan fingerprint density at radius 2 is 2.05 bits per heavy atom. The number of hydrogen-bond acceptors (Lipinski definition) is 3. The van der Waals surface area contributed by atoms with Gasteiger partial charge in [0.2, 0.25) is 5.91 Å². The molecule has 0 unspecified atom stereocenters. The molecule has 2 rings (SSSR count). The maximum Gasteiger partial charge on any atom is 0.307 e. The van der Waals surface area contributed by atoms with Gasteiger partial charge < -0.3 is 5.32 Å². The third-order valence-corrected chi connectivity index (χ3v) is 4.69. The molecule has 0 bridgehead atoms. The molecule has 1 N–H and O–H groups in total. The second-order valence-electron chi connectivity index (χ2n) is 6.26. The average Bonchev–Trinajstić information content (AvgIpc) is 2.77. The van der Waals surface area contributed by atoms with E-state index in [-0.39, 0.29) is 22.7 Å². The van der Waals surface area contributed by atoms with Gasteiger partial charge in [-0.2, -0.15) is 0 Å². The minimum Gasteiger partial charge on any atom is -0.354 e. The Morgan fingerprint density at radius 1 is 1.32 bits per heavy atom.